The minimum Gasteiger partial charge on any atom is -0.459 e. The molecule has 0 bridgehead atoms. The number of benzene rings is 3. The van der Waals surface area contributed by atoms with Crippen molar-refractivity contribution in [2.24, 2.45) is 0 Å². The first-order valence-corrected chi connectivity index (χ1v) is 12.5. The Balaban J connectivity index is 1.66. The van der Waals surface area contributed by atoms with Gasteiger partial charge in [-0.15, -0.1) is 0 Å². The summed E-state index contributed by atoms with van der Waals surface area (Å²) in [6, 6.07) is 27.6. The van der Waals surface area contributed by atoms with Crippen LogP contribution in [-0.2, 0) is 10.0 Å². The van der Waals surface area contributed by atoms with Crippen LogP contribution in [0.25, 0.3) is 0 Å². The lowest BCUT2D eigenvalue weighted by Crippen LogP contribution is -2.47. The van der Waals surface area contributed by atoms with Crippen LogP contribution in [0.3, 0.4) is 0 Å². The number of anilines is 2. The molecule has 7 heteroatoms. The lowest BCUT2D eigenvalue weighted by Gasteiger charge is -2.43. The van der Waals surface area contributed by atoms with Gasteiger partial charge < -0.3 is 9.32 Å². The van der Waals surface area contributed by atoms with Gasteiger partial charge in [0.05, 0.1) is 22.9 Å². The van der Waals surface area contributed by atoms with Gasteiger partial charge in [0.15, 0.2) is 5.76 Å². The van der Waals surface area contributed by atoms with E-state index in [1.165, 1.54) is 10.6 Å². The van der Waals surface area contributed by atoms with Gasteiger partial charge in [-0.25, -0.2) is 8.42 Å². The largest absolute Gasteiger partial charge is 0.459 e. The lowest BCUT2D eigenvalue weighted by atomic mass is 9.91. The molecule has 0 fully saturated rings. The van der Waals surface area contributed by atoms with E-state index in [0.29, 0.717) is 17.8 Å². The molecule has 5 rings (SSSR count). The van der Waals surface area contributed by atoms with Crippen molar-refractivity contribution in [3.05, 3.63) is 115 Å². The number of rotatable bonds is 5. The van der Waals surface area contributed by atoms with E-state index in [9.17, 15) is 13.2 Å². The Bertz CT molecular complexity index is 1390. The summed E-state index contributed by atoms with van der Waals surface area (Å²) in [6.07, 6.45) is 1.89. The number of furan rings is 1. The SMILES string of the molecule is C[C@@H]1C[C@H](N(c2ccccc2)S(=O)(=O)c2ccccc2)c2ccccc2N1C(=O)c1ccco1. The highest BCUT2D eigenvalue weighted by Gasteiger charge is 2.41. The van der Waals surface area contributed by atoms with Gasteiger partial charge in [-0.3, -0.25) is 9.10 Å². The van der Waals surface area contributed by atoms with E-state index >= 15 is 0 Å². The molecule has 0 N–H and O–H groups in total. The fraction of sp³-hybridized carbons (Fsp3) is 0.148. The fourth-order valence-corrected chi connectivity index (χ4v) is 6.26. The van der Waals surface area contributed by atoms with Crippen LogP contribution in [0.4, 0.5) is 11.4 Å². The first-order chi connectivity index (χ1) is 16.5. The maximum absolute atomic E-state index is 14.0. The summed E-state index contributed by atoms with van der Waals surface area (Å²) in [5.74, 6) is -0.00231. The molecule has 0 saturated carbocycles. The molecule has 6 nitrogen and oxygen atoms in total. The molecule has 3 aromatic carbocycles. The zero-order valence-corrected chi connectivity index (χ0v) is 19.4. The lowest BCUT2D eigenvalue weighted by molar-refractivity contribution is 0.0947. The molecule has 1 amide bonds. The van der Waals surface area contributed by atoms with Crippen molar-refractivity contribution >= 4 is 27.3 Å². The van der Waals surface area contributed by atoms with E-state index < -0.39 is 16.1 Å². The van der Waals surface area contributed by atoms with Crippen LogP contribution in [0.15, 0.2) is 113 Å². The Morgan fingerprint density at radius 2 is 1.53 bits per heavy atom. The first kappa shape index (κ1) is 22.0. The predicted octanol–water partition coefficient (Wildman–Crippen LogP) is 5.66. The Morgan fingerprint density at radius 3 is 2.21 bits per heavy atom. The van der Waals surface area contributed by atoms with Crippen LogP contribution in [0, 0.1) is 0 Å². The molecule has 0 unspecified atom stereocenters. The molecular weight excluding hydrogens is 448 g/mol. The van der Waals surface area contributed by atoms with Gasteiger partial charge in [0.2, 0.25) is 0 Å². The predicted molar refractivity (Wildman–Crippen MR) is 131 cm³/mol. The average molecular weight is 473 g/mol. The second-order valence-corrected chi connectivity index (χ2v) is 10.1. The molecular formula is C27H24N2O4S. The maximum atomic E-state index is 14.0. The summed E-state index contributed by atoms with van der Waals surface area (Å²) in [7, 11) is -3.89. The summed E-state index contributed by atoms with van der Waals surface area (Å²) in [5.41, 5.74) is 2.02. The van der Waals surface area contributed by atoms with Crippen molar-refractivity contribution in [3.8, 4) is 0 Å². The summed E-state index contributed by atoms with van der Waals surface area (Å²) in [5, 5.41) is 0. The minimum atomic E-state index is -3.89. The fourth-order valence-electron chi connectivity index (χ4n) is 4.60. The van der Waals surface area contributed by atoms with Gasteiger partial charge >= 0.3 is 0 Å². The van der Waals surface area contributed by atoms with Gasteiger partial charge in [-0.2, -0.15) is 0 Å². The maximum Gasteiger partial charge on any atom is 0.294 e. The molecule has 2 atom stereocenters. The molecule has 0 saturated heterocycles. The average Bonchev–Trinajstić information content (AvgIpc) is 3.40. The second kappa shape index (κ2) is 8.83. The van der Waals surface area contributed by atoms with Crippen LogP contribution >= 0.6 is 0 Å². The third-order valence-corrected chi connectivity index (χ3v) is 7.96. The van der Waals surface area contributed by atoms with E-state index in [-0.39, 0.29) is 22.6 Å². The van der Waals surface area contributed by atoms with E-state index in [4.69, 9.17) is 4.42 Å². The molecule has 34 heavy (non-hydrogen) atoms. The van der Waals surface area contributed by atoms with E-state index in [0.717, 1.165) is 5.56 Å². The number of sulfonamides is 1. The highest BCUT2D eigenvalue weighted by Crippen LogP contribution is 2.44. The van der Waals surface area contributed by atoms with Crippen LogP contribution in [0.5, 0.6) is 0 Å². The van der Waals surface area contributed by atoms with Crippen LogP contribution in [0.1, 0.15) is 35.5 Å². The molecule has 1 aromatic heterocycles. The monoisotopic (exact) mass is 472 g/mol. The molecule has 1 aliphatic rings. The number of fused-ring (bicyclic) bond motifs is 1. The van der Waals surface area contributed by atoms with Gasteiger partial charge in [0.1, 0.15) is 0 Å². The van der Waals surface area contributed by atoms with Gasteiger partial charge in [-0.1, -0.05) is 54.6 Å². The topological polar surface area (TPSA) is 70.8 Å². The molecule has 0 aliphatic carbocycles. The van der Waals surface area contributed by atoms with Crippen molar-refractivity contribution in [1.82, 2.24) is 0 Å². The number of hydrogen-bond donors (Lipinski definition) is 0. The van der Waals surface area contributed by atoms with Crippen molar-refractivity contribution in [2.45, 2.75) is 30.3 Å². The molecule has 0 radical (unpaired) electrons. The zero-order valence-electron chi connectivity index (χ0n) is 18.6. The molecule has 4 aromatic rings. The van der Waals surface area contributed by atoms with Gasteiger partial charge in [-0.05, 0) is 61.4 Å². The van der Waals surface area contributed by atoms with Crippen molar-refractivity contribution in [3.63, 3.8) is 0 Å². The summed E-state index contributed by atoms with van der Waals surface area (Å²) in [6.45, 7) is 1.93. The summed E-state index contributed by atoms with van der Waals surface area (Å²) < 4.78 is 34.8. The Labute approximate surface area is 199 Å². The smallest absolute Gasteiger partial charge is 0.294 e. The van der Waals surface area contributed by atoms with Crippen LogP contribution in [-0.4, -0.2) is 20.4 Å². The molecule has 1 aliphatic heterocycles. The van der Waals surface area contributed by atoms with E-state index in [2.05, 4.69) is 0 Å². The number of nitrogens with zero attached hydrogens (tertiary/aromatic N) is 2. The highest BCUT2D eigenvalue weighted by atomic mass is 32.2. The zero-order chi connectivity index (χ0) is 23.7. The minimum absolute atomic E-state index is 0.220. The third-order valence-electron chi connectivity index (χ3n) is 6.10. The number of hydrogen-bond acceptors (Lipinski definition) is 4. The quantitative estimate of drug-likeness (QED) is 0.376. The molecule has 2 heterocycles. The Kier molecular flexibility index (Phi) is 5.71. The molecule has 172 valence electrons. The standard InChI is InChI=1S/C27H24N2O4S/c1-20-19-25(23-15-8-9-16-24(23)28(20)27(30)26-17-10-18-33-26)29(21-11-4-2-5-12-21)34(31,32)22-13-6-3-7-14-22/h2-18,20,25H,19H2,1H3/t20-,25+/m1/s1. The van der Waals surface area contributed by atoms with Crippen LogP contribution in [0.2, 0.25) is 0 Å². The normalized spacial score (nSPS) is 17.7. The second-order valence-electron chi connectivity index (χ2n) is 8.26. The highest BCUT2D eigenvalue weighted by molar-refractivity contribution is 7.92. The number of carbonyl (C=O) groups is 1. The van der Waals surface area contributed by atoms with E-state index in [1.807, 2.05) is 49.4 Å². The van der Waals surface area contributed by atoms with Crippen molar-refractivity contribution < 1.29 is 17.6 Å². The van der Waals surface area contributed by atoms with Gasteiger partial charge in [0, 0.05) is 11.7 Å². The third kappa shape index (κ3) is 3.78. The summed E-state index contributed by atoms with van der Waals surface area (Å²) in [4.78, 5) is 15.2. The summed E-state index contributed by atoms with van der Waals surface area (Å²) >= 11 is 0. The Hall–Kier alpha value is -3.84. The van der Waals surface area contributed by atoms with E-state index in [1.54, 1.807) is 59.5 Å². The van der Waals surface area contributed by atoms with Crippen LogP contribution < -0.4 is 9.21 Å². The number of carbonyl (C=O) groups excluding carboxylic acids is 1. The Morgan fingerprint density at radius 1 is 0.882 bits per heavy atom. The van der Waals surface area contributed by atoms with Crippen molar-refractivity contribution in [2.75, 3.05) is 9.21 Å². The van der Waals surface area contributed by atoms with Gasteiger partial charge in [0.25, 0.3) is 15.9 Å². The first-order valence-electron chi connectivity index (χ1n) is 11.1. The van der Waals surface area contributed by atoms with Crippen molar-refractivity contribution in [1.29, 1.82) is 0 Å². The molecule has 0 spiro atoms. The number of para-hydroxylation sites is 2. The number of amides is 1.